The predicted molar refractivity (Wildman–Crippen MR) is 73.4 cm³/mol. The highest BCUT2D eigenvalue weighted by molar-refractivity contribution is 5.76. The lowest BCUT2D eigenvalue weighted by molar-refractivity contribution is -0.123. The molecule has 18 heavy (non-hydrogen) atoms. The van der Waals surface area contributed by atoms with Crippen LogP contribution in [-0.4, -0.2) is 50.1 Å². The van der Waals surface area contributed by atoms with Crippen molar-refractivity contribution in [1.29, 1.82) is 0 Å². The zero-order valence-corrected chi connectivity index (χ0v) is 11.7. The van der Waals surface area contributed by atoms with Gasteiger partial charge in [-0.2, -0.15) is 0 Å². The van der Waals surface area contributed by atoms with Gasteiger partial charge in [0.05, 0.1) is 0 Å². The molecule has 0 radical (unpaired) electrons. The van der Waals surface area contributed by atoms with E-state index >= 15 is 0 Å². The average molecular weight is 253 g/mol. The highest BCUT2D eigenvalue weighted by atomic mass is 16.1. The summed E-state index contributed by atoms with van der Waals surface area (Å²) >= 11 is 0. The van der Waals surface area contributed by atoms with Crippen LogP contribution in [0.4, 0.5) is 0 Å². The van der Waals surface area contributed by atoms with Crippen molar-refractivity contribution in [3.63, 3.8) is 0 Å². The maximum absolute atomic E-state index is 12.1. The molecule has 4 heteroatoms. The number of amides is 1. The summed E-state index contributed by atoms with van der Waals surface area (Å²) in [5.41, 5.74) is 0. The summed E-state index contributed by atoms with van der Waals surface area (Å²) in [6, 6.07) is 0.385. The van der Waals surface area contributed by atoms with Gasteiger partial charge in [0.1, 0.15) is 0 Å². The van der Waals surface area contributed by atoms with Crippen LogP contribution >= 0.6 is 0 Å². The summed E-state index contributed by atoms with van der Waals surface area (Å²) in [7, 11) is 2.16. The molecule has 2 aliphatic rings. The predicted octanol–water partition coefficient (Wildman–Crippen LogP) is 0.833. The molecule has 4 nitrogen and oxygen atoms in total. The molecule has 0 spiro atoms. The highest BCUT2D eigenvalue weighted by Gasteiger charge is 2.26. The number of hydrogen-bond acceptors (Lipinski definition) is 3. The Hall–Kier alpha value is -0.610. The van der Waals surface area contributed by atoms with E-state index in [4.69, 9.17) is 0 Å². The van der Waals surface area contributed by atoms with E-state index in [0.29, 0.717) is 17.9 Å². The zero-order valence-electron chi connectivity index (χ0n) is 11.7. The molecule has 2 rings (SSSR count). The maximum Gasteiger partial charge on any atom is 0.220 e. The van der Waals surface area contributed by atoms with Gasteiger partial charge in [-0.15, -0.1) is 0 Å². The fraction of sp³-hybridized carbons (Fsp3) is 0.929. The SMILES string of the molecule is CC1CN(C)CCC1NC(=O)CC1CCNCC1. The number of piperidine rings is 2. The Morgan fingerprint density at radius 1 is 1.33 bits per heavy atom. The van der Waals surface area contributed by atoms with Crippen molar-refractivity contribution in [3.8, 4) is 0 Å². The maximum atomic E-state index is 12.1. The fourth-order valence-electron chi connectivity index (χ4n) is 3.18. The molecule has 0 saturated carbocycles. The van der Waals surface area contributed by atoms with E-state index in [-0.39, 0.29) is 5.91 Å². The lowest BCUT2D eigenvalue weighted by Gasteiger charge is -2.35. The van der Waals surface area contributed by atoms with Crippen LogP contribution in [-0.2, 0) is 4.79 Å². The monoisotopic (exact) mass is 253 g/mol. The second-order valence-corrected chi connectivity index (χ2v) is 6.10. The summed E-state index contributed by atoms with van der Waals surface area (Å²) in [6.07, 6.45) is 4.11. The number of rotatable bonds is 3. The van der Waals surface area contributed by atoms with Gasteiger partial charge in [0.2, 0.25) is 5.91 Å². The van der Waals surface area contributed by atoms with Gasteiger partial charge in [0.25, 0.3) is 0 Å². The number of hydrogen-bond donors (Lipinski definition) is 2. The van der Waals surface area contributed by atoms with Gasteiger partial charge in [-0.3, -0.25) is 4.79 Å². The van der Waals surface area contributed by atoms with Gasteiger partial charge in [-0.1, -0.05) is 6.92 Å². The van der Waals surface area contributed by atoms with Crippen molar-refractivity contribution < 1.29 is 4.79 Å². The second kappa shape index (κ2) is 6.53. The summed E-state index contributed by atoms with van der Waals surface area (Å²) in [5, 5.41) is 6.59. The van der Waals surface area contributed by atoms with Gasteiger partial charge in [-0.25, -0.2) is 0 Å². The van der Waals surface area contributed by atoms with Gasteiger partial charge in [0.15, 0.2) is 0 Å². The van der Waals surface area contributed by atoms with E-state index in [1.165, 1.54) is 0 Å². The van der Waals surface area contributed by atoms with Crippen LogP contribution in [0.5, 0.6) is 0 Å². The molecule has 0 aliphatic carbocycles. The Balaban J connectivity index is 1.73. The Morgan fingerprint density at radius 3 is 2.72 bits per heavy atom. The first-order valence-corrected chi connectivity index (χ1v) is 7.34. The van der Waals surface area contributed by atoms with E-state index in [1.54, 1.807) is 0 Å². The lowest BCUT2D eigenvalue weighted by Crippen LogP contribution is -2.49. The first-order valence-electron chi connectivity index (χ1n) is 7.34. The normalized spacial score (nSPS) is 31.2. The summed E-state index contributed by atoms with van der Waals surface area (Å²) in [4.78, 5) is 14.4. The smallest absolute Gasteiger partial charge is 0.220 e. The molecule has 0 aromatic carbocycles. The Labute approximate surface area is 110 Å². The van der Waals surface area contributed by atoms with Crippen LogP contribution in [0, 0.1) is 11.8 Å². The van der Waals surface area contributed by atoms with Crippen LogP contribution in [0.15, 0.2) is 0 Å². The van der Waals surface area contributed by atoms with Gasteiger partial charge in [-0.05, 0) is 57.8 Å². The minimum Gasteiger partial charge on any atom is -0.353 e. The Kier molecular flexibility index (Phi) is 5.01. The summed E-state index contributed by atoms with van der Waals surface area (Å²) in [6.45, 7) is 6.58. The number of likely N-dealkylation sites (tertiary alicyclic amines) is 1. The molecule has 2 fully saturated rings. The first kappa shape index (κ1) is 13.8. The van der Waals surface area contributed by atoms with E-state index in [1.807, 2.05) is 0 Å². The van der Waals surface area contributed by atoms with Crippen molar-refractivity contribution in [1.82, 2.24) is 15.5 Å². The number of nitrogens with zero attached hydrogens (tertiary/aromatic N) is 1. The molecule has 2 unspecified atom stereocenters. The quantitative estimate of drug-likeness (QED) is 0.783. The molecule has 0 aromatic heterocycles. The summed E-state index contributed by atoms with van der Waals surface area (Å²) < 4.78 is 0. The van der Waals surface area contributed by atoms with E-state index < -0.39 is 0 Å². The van der Waals surface area contributed by atoms with Gasteiger partial charge < -0.3 is 15.5 Å². The molecule has 2 aliphatic heterocycles. The lowest BCUT2D eigenvalue weighted by atomic mass is 9.92. The topological polar surface area (TPSA) is 44.4 Å². The van der Waals surface area contributed by atoms with Gasteiger partial charge in [0, 0.05) is 19.0 Å². The fourth-order valence-corrected chi connectivity index (χ4v) is 3.18. The molecule has 2 atom stereocenters. The van der Waals surface area contributed by atoms with Crippen molar-refractivity contribution in [3.05, 3.63) is 0 Å². The van der Waals surface area contributed by atoms with Crippen molar-refractivity contribution in [2.24, 2.45) is 11.8 Å². The summed E-state index contributed by atoms with van der Waals surface area (Å²) in [5.74, 6) is 1.43. The number of nitrogens with one attached hydrogen (secondary N) is 2. The molecule has 2 saturated heterocycles. The van der Waals surface area contributed by atoms with E-state index in [2.05, 4.69) is 29.5 Å². The van der Waals surface area contributed by atoms with Crippen LogP contribution < -0.4 is 10.6 Å². The molecule has 2 heterocycles. The minimum atomic E-state index is 0.267. The third kappa shape index (κ3) is 3.95. The first-order chi connectivity index (χ1) is 8.65. The number of carbonyl (C=O) groups excluding carboxylic acids is 1. The molecule has 1 amide bonds. The second-order valence-electron chi connectivity index (χ2n) is 6.10. The van der Waals surface area contributed by atoms with Crippen LogP contribution in [0.3, 0.4) is 0 Å². The standard InChI is InChI=1S/C14H27N3O/c1-11-10-17(2)8-5-13(11)16-14(18)9-12-3-6-15-7-4-12/h11-13,15H,3-10H2,1-2H3,(H,16,18). The molecular weight excluding hydrogens is 226 g/mol. The van der Waals surface area contributed by atoms with Crippen LogP contribution in [0.2, 0.25) is 0 Å². The molecule has 0 aromatic rings. The largest absolute Gasteiger partial charge is 0.353 e. The average Bonchev–Trinajstić information content (AvgIpc) is 2.34. The highest BCUT2D eigenvalue weighted by Crippen LogP contribution is 2.18. The molecule has 104 valence electrons. The third-order valence-electron chi connectivity index (χ3n) is 4.39. The van der Waals surface area contributed by atoms with Crippen LogP contribution in [0.25, 0.3) is 0 Å². The molecular formula is C14H27N3O. The number of carbonyl (C=O) groups is 1. The molecule has 0 bridgehead atoms. The van der Waals surface area contributed by atoms with Crippen molar-refractivity contribution in [2.45, 2.75) is 38.6 Å². The van der Waals surface area contributed by atoms with Crippen molar-refractivity contribution >= 4 is 5.91 Å². The zero-order chi connectivity index (χ0) is 13.0. The van der Waals surface area contributed by atoms with E-state index in [0.717, 1.165) is 51.9 Å². The minimum absolute atomic E-state index is 0.267. The van der Waals surface area contributed by atoms with Crippen LogP contribution in [0.1, 0.15) is 32.6 Å². The van der Waals surface area contributed by atoms with E-state index in [9.17, 15) is 4.79 Å². The third-order valence-corrected chi connectivity index (χ3v) is 4.39. The van der Waals surface area contributed by atoms with Gasteiger partial charge >= 0.3 is 0 Å². The Bertz CT molecular complexity index is 276. The Morgan fingerprint density at radius 2 is 2.06 bits per heavy atom. The molecule has 2 N–H and O–H groups in total. The van der Waals surface area contributed by atoms with Crippen molar-refractivity contribution in [2.75, 3.05) is 33.2 Å².